The van der Waals surface area contributed by atoms with Gasteiger partial charge < -0.3 is 10.3 Å². The Labute approximate surface area is 124 Å². The molecule has 1 aromatic heterocycles. The molecule has 2 aromatic rings. The fraction of sp³-hybridized carbons (Fsp3) is 0.333. The molecular formula is C15H14F3N3O. The molecular weight excluding hydrogens is 295 g/mol. The molecule has 7 heteroatoms. The Morgan fingerprint density at radius 3 is 2.64 bits per heavy atom. The maximum absolute atomic E-state index is 13.3. The van der Waals surface area contributed by atoms with Crippen molar-refractivity contribution < 1.29 is 18.0 Å². The number of nitrogens with two attached hydrogens (primary N) is 1. The molecule has 3 rings (SSSR count). The molecule has 22 heavy (non-hydrogen) atoms. The quantitative estimate of drug-likeness (QED) is 0.927. The van der Waals surface area contributed by atoms with Gasteiger partial charge in [-0.3, -0.25) is 4.79 Å². The van der Waals surface area contributed by atoms with Gasteiger partial charge in [-0.2, -0.15) is 13.2 Å². The number of rotatable bonds is 2. The standard InChI is InChI=1S/C15H14F3N3O/c16-15(17,18)10-7-9(14(19)22)5-6-12(10)21-8-20-11-3-1-2-4-13(11)21/h5-8H,1-4H2,(H2,19,22). The number of hydrogen-bond acceptors (Lipinski definition) is 2. The number of carbonyl (C=O) groups is 1. The highest BCUT2D eigenvalue weighted by Crippen LogP contribution is 2.36. The Bertz CT molecular complexity index is 734. The smallest absolute Gasteiger partial charge is 0.366 e. The number of halogens is 3. The van der Waals surface area contributed by atoms with Gasteiger partial charge >= 0.3 is 6.18 Å². The summed E-state index contributed by atoms with van der Waals surface area (Å²) in [6.07, 6.45) is 0.251. The van der Waals surface area contributed by atoms with Gasteiger partial charge in [0.15, 0.2) is 0 Å². The molecule has 1 aromatic carbocycles. The fourth-order valence-electron chi connectivity index (χ4n) is 2.80. The zero-order chi connectivity index (χ0) is 15.9. The number of nitrogens with zero attached hydrogens (tertiary/aromatic N) is 2. The van der Waals surface area contributed by atoms with E-state index in [2.05, 4.69) is 4.98 Å². The molecule has 116 valence electrons. The van der Waals surface area contributed by atoms with Crippen molar-refractivity contribution >= 4 is 5.91 Å². The average molecular weight is 309 g/mol. The van der Waals surface area contributed by atoms with Crippen molar-refractivity contribution in [2.45, 2.75) is 31.9 Å². The van der Waals surface area contributed by atoms with E-state index in [0.717, 1.165) is 36.7 Å². The molecule has 0 saturated carbocycles. The van der Waals surface area contributed by atoms with Crippen LogP contribution in [0.1, 0.15) is 40.2 Å². The molecule has 0 spiro atoms. The summed E-state index contributed by atoms with van der Waals surface area (Å²) in [7, 11) is 0. The zero-order valence-electron chi connectivity index (χ0n) is 11.7. The Hall–Kier alpha value is -2.31. The Kier molecular flexibility index (Phi) is 3.42. The van der Waals surface area contributed by atoms with Crippen LogP contribution < -0.4 is 5.73 Å². The number of amides is 1. The Balaban J connectivity index is 2.18. The van der Waals surface area contributed by atoms with Gasteiger partial charge in [0, 0.05) is 11.3 Å². The van der Waals surface area contributed by atoms with Gasteiger partial charge in [-0.1, -0.05) is 0 Å². The van der Waals surface area contributed by atoms with Gasteiger partial charge in [0.2, 0.25) is 5.91 Å². The highest BCUT2D eigenvalue weighted by atomic mass is 19.4. The first-order valence-corrected chi connectivity index (χ1v) is 6.94. The second-order valence-electron chi connectivity index (χ2n) is 5.31. The third kappa shape index (κ3) is 2.47. The SMILES string of the molecule is NC(=O)c1ccc(-n2cnc3c2CCCC3)c(C(F)(F)F)c1. The normalized spacial score (nSPS) is 14.7. The maximum Gasteiger partial charge on any atom is 0.418 e. The van der Waals surface area contributed by atoms with Crippen molar-refractivity contribution in [2.75, 3.05) is 0 Å². The van der Waals surface area contributed by atoms with Crippen LogP contribution in [0.25, 0.3) is 5.69 Å². The van der Waals surface area contributed by atoms with E-state index in [1.54, 1.807) is 0 Å². The van der Waals surface area contributed by atoms with Crippen LogP contribution in [0.4, 0.5) is 13.2 Å². The number of carbonyl (C=O) groups excluding carboxylic acids is 1. The molecule has 4 nitrogen and oxygen atoms in total. The van der Waals surface area contributed by atoms with Crippen LogP contribution in [0.5, 0.6) is 0 Å². The molecule has 2 N–H and O–H groups in total. The number of benzene rings is 1. The van der Waals surface area contributed by atoms with E-state index in [1.807, 2.05) is 0 Å². The summed E-state index contributed by atoms with van der Waals surface area (Å²) in [4.78, 5) is 15.4. The first kappa shape index (κ1) is 14.6. The number of aromatic nitrogens is 2. The van der Waals surface area contributed by atoms with Crippen LogP contribution >= 0.6 is 0 Å². The van der Waals surface area contributed by atoms with Crippen molar-refractivity contribution in [2.24, 2.45) is 5.73 Å². The molecule has 1 aliphatic carbocycles. The summed E-state index contributed by atoms with van der Waals surface area (Å²) < 4.78 is 41.5. The van der Waals surface area contributed by atoms with Crippen molar-refractivity contribution in [1.29, 1.82) is 0 Å². The zero-order valence-corrected chi connectivity index (χ0v) is 11.7. The summed E-state index contributed by atoms with van der Waals surface area (Å²) in [5.41, 5.74) is 5.67. The summed E-state index contributed by atoms with van der Waals surface area (Å²) >= 11 is 0. The lowest BCUT2D eigenvalue weighted by Gasteiger charge is -2.18. The summed E-state index contributed by atoms with van der Waals surface area (Å²) in [6, 6.07) is 3.38. The molecule has 0 radical (unpaired) electrons. The minimum absolute atomic E-state index is 0.0202. The second-order valence-corrected chi connectivity index (χ2v) is 5.31. The Morgan fingerprint density at radius 2 is 1.95 bits per heavy atom. The van der Waals surface area contributed by atoms with E-state index < -0.39 is 17.6 Å². The molecule has 0 unspecified atom stereocenters. The van der Waals surface area contributed by atoms with Crippen LogP contribution in [0.2, 0.25) is 0 Å². The Morgan fingerprint density at radius 1 is 1.23 bits per heavy atom. The fourth-order valence-corrected chi connectivity index (χ4v) is 2.80. The summed E-state index contributed by atoms with van der Waals surface area (Å²) in [5, 5.41) is 0. The first-order chi connectivity index (χ1) is 10.4. The third-order valence-electron chi connectivity index (χ3n) is 3.88. The molecule has 1 heterocycles. The van der Waals surface area contributed by atoms with Crippen LogP contribution in [0, 0.1) is 0 Å². The highest BCUT2D eigenvalue weighted by molar-refractivity contribution is 5.93. The number of primary amides is 1. The van der Waals surface area contributed by atoms with Crippen LogP contribution in [0.15, 0.2) is 24.5 Å². The van der Waals surface area contributed by atoms with Gasteiger partial charge in [-0.15, -0.1) is 0 Å². The number of alkyl halides is 3. The van der Waals surface area contributed by atoms with Crippen molar-refractivity contribution in [3.05, 3.63) is 47.0 Å². The van der Waals surface area contributed by atoms with Crippen LogP contribution in [0.3, 0.4) is 0 Å². The molecule has 0 atom stereocenters. The molecule has 0 bridgehead atoms. The van der Waals surface area contributed by atoms with E-state index in [9.17, 15) is 18.0 Å². The lowest BCUT2D eigenvalue weighted by molar-refractivity contribution is -0.137. The molecule has 1 amide bonds. The number of fused-ring (bicyclic) bond motifs is 1. The van der Waals surface area contributed by atoms with Gasteiger partial charge in [-0.05, 0) is 43.9 Å². The molecule has 0 saturated heterocycles. The number of imidazole rings is 1. The van der Waals surface area contributed by atoms with Crippen molar-refractivity contribution in [1.82, 2.24) is 9.55 Å². The van der Waals surface area contributed by atoms with E-state index >= 15 is 0 Å². The monoisotopic (exact) mass is 309 g/mol. The predicted molar refractivity (Wildman–Crippen MR) is 73.7 cm³/mol. The minimum atomic E-state index is -4.58. The van der Waals surface area contributed by atoms with E-state index in [0.29, 0.717) is 6.42 Å². The van der Waals surface area contributed by atoms with Crippen LogP contribution in [-0.2, 0) is 19.0 Å². The highest BCUT2D eigenvalue weighted by Gasteiger charge is 2.35. The summed E-state index contributed by atoms with van der Waals surface area (Å²) in [5.74, 6) is -0.885. The minimum Gasteiger partial charge on any atom is -0.366 e. The van der Waals surface area contributed by atoms with Gasteiger partial charge in [0.05, 0.1) is 23.3 Å². The van der Waals surface area contributed by atoms with Gasteiger partial charge in [0.25, 0.3) is 0 Å². The molecule has 0 fully saturated rings. The average Bonchev–Trinajstić information content (AvgIpc) is 2.89. The van der Waals surface area contributed by atoms with E-state index in [1.165, 1.54) is 23.0 Å². The van der Waals surface area contributed by atoms with Crippen molar-refractivity contribution in [3.63, 3.8) is 0 Å². The van der Waals surface area contributed by atoms with Crippen LogP contribution in [-0.4, -0.2) is 15.5 Å². The molecule has 0 aliphatic heterocycles. The number of aryl methyl sites for hydroxylation is 1. The lowest BCUT2D eigenvalue weighted by Crippen LogP contribution is -2.17. The predicted octanol–water partition coefficient (Wildman–Crippen LogP) is 2.87. The largest absolute Gasteiger partial charge is 0.418 e. The van der Waals surface area contributed by atoms with E-state index in [4.69, 9.17) is 5.73 Å². The summed E-state index contributed by atoms with van der Waals surface area (Å²) in [6.45, 7) is 0. The molecule has 1 aliphatic rings. The second kappa shape index (κ2) is 5.15. The van der Waals surface area contributed by atoms with Gasteiger partial charge in [0.1, 0.15) is 0 Å². The van der Waals surface area contributed by atoms with E-state index in [-0.39, 0.29) is 11.3 Å². The number of hydrogen-bond donors (Lipinski definition) is 1. The topological polar surface area (TPSA) is 60.9 Å². The van der Waals surface area contributed by atoms with Gasteiger partial charge in [-0.25, -0.2) is 4.98 Å². The lowest BCUT2D eigenvalue weighted by atomic mass is 10.0. The first-order valence-electron chi connectivity index (χ1n) is 6.94. The third-order valence-corrected chi connectivity index (χ3v) is 3.88. The maximum atomic E-state index is 13.3. The van der Waals surface area contributed by atoms with Crippen molar-refractivity contribution in [3.8, 4) is 5.69 Å².